The van der Waals surface area contributed by atoms with Gasteiger partial charge in [-0.15, -0.1) is 0 Å². The van der Waals surface area contributed by atoms with Gasteiger partial charge in [0.2, 0.25) is 0 Å². The smallest absolute Gasteiger partial charge is 0.184 e. The fourth-order valence-corrected chi connectivity index (χ4v) is 5.22. The Morgan fingerprint density at radius 2 is 1.71 bits per heavy atom. The van der Waals surface area contributed by atoms with Crippen LogP contribution in [-0.2, 0) is 30.3 Å². The summed E-state index contributed by atoms with van der Waals surface area (Å²) in [6.07, 6.45) is 6.25. The van der Waals surface area contributed by atoms with Crippen LogP contribution in [0.4, 0.5) is 0 Å². The zero-order valence-electron chi connectivity index (χ0n) is 20.3. The molecule has 3 aliphatic rings. The molecule has 2 aromatic rings. The molecule has 0 saturated carbocycles. The van der Waals surface area contributed by atoms with Crippen LogP contribution in [0.25, 0.3) is 0 Å². The Morgan fingerprint density at radius 1 is 0.941 bits per heavy atom. The minimum Gasteiger partial charge on any atom is -0.490 e. The first-order valence-electron chi connectivity index (χ1n) is 12.5. The fourth-order valence-electron chi connectivity index (χ4n) is 5.22. The normalized spacial score (nSPS) is 33.1. The first kappa shape index (κ1) is 23.6. The number of ether oxygens (including phenoxy) is 5. The highest BCUT2D eigenvalue weighted by molar-refractivity contribution is 5.17. The highest BCUT2D eigenvalue weighted by Gasteiger charge is 2.53. The number of hydrogen-bond acceptors (Lipinski definition) is 5. The van der Waals surface area contributed by atoms with E-state index in [0.29, 0.717) is 13.2 Å². The van der Waals surface area contributed by atoms with Crippen molar-refractivity contribution in [2.45, 2.75) is 82.3 Å². The lowest BCUT2D eigenvalue weighted by Gasteiger charge is -2.45. The second-order valence-corrected chi connectivity index (χ2v) is 10.1. The van der Waals surface area contributed by atoms with Crippen molar-refractivity contribution in [3.63, 3.8) is 0 Å². The average Bonchev–Trinajstić information content (AvgIpc) is 2.97. The van der Waals surface area contributed by atoms with Gasteiger partial charge in [0.05, 0.1) is 25.1 Å². The molecule has 3 aliphatic heterocycles. The molecule has 0 radical (unpaired) electrons. The Hall–Kier alpha value is -2.18. The number of rotatable bonds is 7. The van der Waals surface area contributed by atoms with Gasteiger partial charge in [-0.2, -0.15) is 0 Å². The zero-order valence-corrected chi connectivity index (χ0v) is 20.3. The third-order valence-corrected chi connectivity index (χ3v) is 7.30. The van der Waals surface area contributed by atoms with Gasteiger partial charge in [0.1, 0.15) is 17.3 Å². The predicted molar refractivity (Wildman–Crippen MR) is 130 cm³/mol. The van der Waals surface area contributed by atoms with Crippen molar-refractivity contribution >= 4 is 0 Å². The average molecular weight is 465 g/mol. The highest BCUT2D eigenvalue weighted by Crippen LogP contribution is 2.45. The van der Waals surface area contributed by atoms with Crippen molar-refractivity contribution in [3.8, 4) is 0 Å². The van der Waals surface area contributed by atoms with E-state index in [1.165, 1.54) is 5.56 Å². The van der Waals surface area contributed by atoms with Gasteiger partial charge in [0.25, 0.3) is 0 Å². The molecule has 34 heavy (non-hydrogen) atoms. The minimum absolute atomic E-state index is 0.0129. The lowest BCUT2D eigenvalue weighted by molar-refractivity contribution is -0.309. The summed E-state index contributed by atoms with van der Waals surface area (Å²) < 4.78 is 31.7. The fraction of sp³-hybridized carbons (Fsp3) is 0.517. The molecular formula is C29H36O5. The molecule has 0 spiro atoms. The van der Waals surface area contributed by atoms with Gasteiger partial charge in [0, 0.05) is 18.6 Å². The van der Waals surface area contributed by atoms with Crippen LogP contribution in [0, 0.1) is 0 Å². The first-order chi connectivity index (χ1) is 16.5. The number of fused-ring (bicyclic) bond motifs is 2. The summed E-state index contributed by atoms with van der Waals surface area (Å²) in [7, 11) is 0. The molecule has 0 N–H and O–H groups in total. The summed E-state index contributed by atoms with van der Waals surface area (Å²) >= 11 is 0. The van der Waals surface area contributed by atoms with Crippen molar-refractivity contribution < 1.29 is 23.7 Å². The molecule has 0 bridgehead atoms. The molecule has 2 aromatic carbocycles. The highest BCUT2D eigenvalue weighted by atomic mass is 16.7. The number of benzene rings is 2. The predicted octanol–water partition coefficient (Wildman–Crippen LogP) is 6.10. The summed E-state index contributed by atoms with van der Waals surface area (Å²) in [5.74, 6) is 1.06. The molecule has 5 atom stereocenters. The third kappa shape index (κ3) is 5.23. The third-order valence-electron chi connectivity index (χ3n) is 7.30. The van der Waals surface area contributed by atoms with Gasteiger partial charge in [-0.3, -0.25) is 0 Å². The second kappa shape index (κ2) is 10.2. The maximum absolute atomic E-state index is 6.69. The molecular weight excluding hydrogens is 428 g/mol. The Morgan fingerprint density at radius 3 is 2.50 bits per heavy atom. The molecule has 0 unspecified atom stereocenters. The summed E-state index contributed by atoms with van der Waals surface area (Å²) in [5, 5.41) is 0. The van der Waals surface area contributed by atoms with Crippen LogP contribution < -0.4 is 0 Å². The van der Waals surface area contributed by atoms with E-state index in [-0.39, 0.29) is 24.1 Å². The van der Waals surface area contributed by atoms with Gasteiger partial charge in [-0.05, 0) is 51.2 Å². The van der Waals surface area contributed by atoms with Crippen LogP contribution in [-0.4, -0.2) is 36.6 Å². The van der Waals surface area contributed by atoms with Crippen molar-refractivity contribution in [3.05, 3.63) is 83.6 Å². The Kier molecular flexibility index (Phi) is 7.07. The van der Waals surface area contributed by atoms with E-state index in [1.807, 2.05) is 36.4 Å². The van der Waals surface area contributed by atoms with Crippen molar-refractivity contribution in [1.29, 1.82) is 0 Å². The van der Waals surface area contributed by atoms with Crippen molar-refractivity contribution in [2.24, 2.45) is 0 Å². The van der Waals surface area contributed by atoms with Crippen LogP contribution in [0.2, 0.25) is 0 Å². The molecule has 5 heteroatoms. The van der Waals surface area contributed by atoms with Crippen molar-refractivity contribution in [2.75, 3.05) is 13.2 Å². The lowest BCUT2D eigenvalue weighted by Crippen LogP contribution is -2.54. The van der Waals surface area contributed by atoms with E-state index in [9.17, 15) is 0 Å². The van der Waals surface area contributed by atoms with Gasteiger partial charge >= 0.3 is 0 Å². The van der Waals surface area contributed by atoms with E-state index in [0.717, 1.165) is 50.0 Å². The standard InChI is InChI=1S/C29H36O5/c1-28-18-17-25-29(2,21-31-27(32-25)23-12-7-4-8-13-23)34-26(28)16-15-24(33-28)14-9-19-30-20-22-10-5-3-6-11-22/h3-8,10-13,15,25-27H,9,14,16-21H2,1-2H3/t25-,26-,27+,28+,29+/m0/s1. The van der Waals surface area contributed by atoms with Gasteiger partial charge in [-0.1, -0.05) is 60.7 Å². The summed E-state index contributed by atoms with van der Waals surface area (Å²) in [6, 6.07) is 20.4. The van der Waals surface area contributed by atoms with E-state index in [1.54, 1.807) is 0 Å². The maximum atomic E-state index is 6.69. The summed E-state index contributed by atoms with van der Waals surface area (Å²) in [6.45, 7) is 6.19. The summed E-state index contributed by atoms with van der Waals surface area (Å²) in [5.41, 5.74) is 1.42. The second-order valence-electron chi connectivity index (χ2n) is 10.1. The molecule has 5 nitrogen and oxygen atoms in total. The largest absolute Gasteiger partial charge is 0.490 e. The maximum Gasteiger partial charge on any atom is 0.184 e. The van der Waals surface area contributed by atoms with Crippen LogP contribution in [0.1, 0.15) is 63.4 Å². The topological polar surface area (TPSA) is 46.2 Å². The SMILES string of the molecule is C[C@@]12CC[C@@H]3O[C@H](c4ccccc4)OC[C@@]3(C)O[C@H]1CC=C(CCCOCc1ccccc1)O2. The van der Waals surface area contributed by atoms with Gasteiger partial charge in [-0.25, -0.2) is 0 Å². The van der Waals surface area contributed by atoms with Crippen molar-refractivity contribution in [1.82, 2.24) is 0 Å². The van der Waals surface area contributed by atoms with E-state index < -0.39 is 5.60 Å². The number of allylic oxidation sites excluding steroid dienone is 1. The Labute approximate surface area is 203 Å². The summed E-state index contributed by atoms with van der Waals surface area (Å²) in [4.78, 5) is 0. The molecule has 5 rings (SSSR count). The molecule has 0 amide bonds. The molecule has 2 fully saturated rings. The lowest BCUT2D eigenvalue weighted by atomic mass is 9.87. The monoisotopic (exact) mass is 464 g/mol. The quantitative estimate of drug-likeness (QED) is 0.464. The molecule has 0 aromatic heterocycles. The van der Waals surface area contributed by atoms with Gasteiger partial charge < -0.3 is 23.7 Å². The van der Waals surface area contributed by atoms with E-state index in [4.69, 9.17) is 23.7 Å². The van der Waals surface area contributed by atoms with E-state index in [2.05, 4.69) is 44.2 Å². The Balaban J connectivity index is 1.15. The molecule has 3 heterocycles. The van der Waals surface area contributed by atoms with Crippen LogP contribution >= 0.6 is 0 Å². The van der Waals surface area contributed by atoms with Crippen LogP contribution in [0.5, 0.6) is 0 Å². The van der Waals surface area contributed by atoms with Crippen LogP contribution in [0.3, 0.4) is 0 Å². The van der Waals surface area contributed by atoms with E-state index >= 15 is 0 Å². The number of hydrogen-bond donors (Lipinski definition) is 0. The molecule has 2 saturated heterocycles. The minimum atomic E-state index is -0.478. The van der Waals surface area contributed by atoms with Crippen LogP contribution in [0.15, 0.2) is 72.5 Å². The zero-order chi connectivity index (χ0) is 23.4. The Bertz CT molecular complexity index is 961. The first-order valence-corrected chi connectivity index (χ1v) is 12.5. The molecule has 0 aliphatic carbocycles. The van der Waals surface area contributed by atoms with Gasteiger partial charge in [0.15, 0.2) is 6.29 Å². The molecule has 182 valence electrons.